The molecule has 0 aliphatic heterocycles. The van der Waals surface area contributed by atoms with Gasteiger partial charge in [0.2, 0.25) is 0 Å². The smallest absolute Gasteiger partial charge is 0.130 e. The summed E-state index contributed by atoms with van der Waals surface area (Å²) < 4.78 is 5.56. The summed E-state index contributed by atoms with van der Waals surface area (Å²) in [4.78, 5) is 5.70. The maximum absolute atomic E-state index is 5.56. The summed E-state index contributed by atoms with van der Waals surface area (Å²) in [5.41, 5.74) is 3.49. The Morgan fingerprint density at radius 1 is 1.29 bits per heavy atom. The van der Waals surface area contributed by atoms with Crippen LogP contribution in [0.15, 0.2) is 18.2 Å². The van der Waals surface area contributed by atoms with E-state index in [1.54, 1.807) is 18.4 Å². The number of rotatable bonds is 3. The van der Waals surface area contributed by atoms with Gasteiger partial charge in [-0.25, -0.2) is 4.98 Å². The summed E-state index contributed by atoms with van der Waals surface area (Å²) in [5, 5.41) is 1.10. The van der Waals surface area contributed by atoms with E-state index in [0.29, 0.717) is 0 Å². The molecular weight excluding hydrogens is 230 g/mol. The van der Waals surface area contributed by atoms with E-state index in [1.807, 2.05) is 6.92 Å². The number of hydrogen-bond acceptors (Lipinski definition) is 3. The molecule has 0 N–H and O–H groups in total. The molecule has 0 fully saturated rings. The molecule has 0 spiro atoms. The lowest BCUT2D eigenvalue weighted by Gasteiger charge is -2.11. The third-order valence-corrected chi connectivity index (χ3v) is 3.94. The van der Waals surface area contributed by atoms with Crippen molar-refractivity contribution >= 4 is 11.3 Å². The van der Waals surface area contributed by atoms with Crippen LogP contribution in [0.25, 0.3) is 10.4 Å². The number of thiazole rings is 1. The van der Waals surface area contributed by atoms with Crippen LogP contribution in [0.1, 0.15) is 23.2 Å². The Kier molecular flexibility index (Phi) is 3.48. The number of aromatic nitrogens is 1. The fourth-order valence-electron chi connectivity index (χ4n) is 2.06. The number of para-hydroxylation sites is 1. The molecule has 1 aromatic heterocycles. The van der Waals surface area contributed by atoms with Crippen LogP contribution in [0.5, 0.6) is 5.75 Å². The second-order valence-electron chi connectivity index (χ2n) is 4.00. The van der Waals surface area contributed by atoms with Gasteiger partial charge in [-0.3, -0.25) is 0 Å². The van der Waals surface area contributed by atoms with Crippen molar-refractivity contribution in [3.63, 3.8) is 0 Å². The lowest BCUT2D eigenvalue weighted by atomic mass is 10.0. The van der Waals surface area contributed by atoms with E-state index in [1.165, 1.54) is 10.4 Å². The van der Waals surface area contributed by atoms with E-state index in [9.17, 15) is 0 Å². The van der Waals surface area contributed by atoms with E-state index in [0.717, 1.165) is 28.4 Å². The highest BCUT2D eigenvalue weighted by Gasteiger charge is 2.14. The summed E-state index contributed by atoms with van der Waals surface area (Å²) in [6.45, 7) is 6.24. The van der Waals surface area contributed by atoms with Crippen molar-refractivity contribution in [1.29, 1.82) is 0 Å². The van der Waals surface area contributed by atoms with E-state index < -0.39 is 0 Å². The van der Waals surface area contributed by atoms with Crippen molar-refractivity contribution in [1.82, 2.24) is 4.98 Å². The third kappa shape index (κ3) is 2.20. The number of hydrogen-bond donors (Lipinski definition) is 0. The van der Waals surface area contributed by atoms with Crippen LogP contribution in [0, 0.1) is 13.8 Å². The molecule has 0 amide bonds. The molecule has 0 bridgehead atoms. The Morgan fingerprint density at radius 2 is 2.06 bits per heavy atom. The third-order valence-electron chi connectivity index (χ3n) is 2.83. The van der Waals surface area contributed by atoms with Gasteiger partial charge < -0.3 is 4.74 Å². The van der Waals surface area contributed by atoms with Gasteiger partial charge in [-0.05, 0) is 31.9 Å². The highest BCUT2D eigenvalue weighted by molar-refractivity contribution is 7.15. The maximum Gasteiger partial charge on any atom is 0.130 e. The molecule has 0 saturated carbocycles. The van der Waals surface area contributed by atoms with Crippen molar-refractivity contribution in [3.8, 4) is 16.2 Å². The van der Waals surface area contributed by atoms with Gasteiger partial charge in [-0.15, -0.1) is 11.3 Å². The molecule has 1 aromatic carbocycles. The van der Waals surface area contributed by atoms with Crippen LogP contribution in [-0.2, 0) is 6.42 Å². The maximum atomic E-state index is 5.56. The molecule has 2 aromatic rings. The topological polar surface area (TPSA) is 22.1 Å². The lowest BCUT2D eigenvalue weighted by Crippen LogP contribution is -1.93. The Morgan fingerprint density at radius 3 is 2.59 bits per heavy atom. The van der Waals surface area contributed by atoms with Crippen molar-refractivity contribution in [2.24, 2.45) is 0 Å². The molecule has 0 aliphatic carbocycles. The highest BCUT2D eigenvalue weighted by Crippen LogP contribution is 2.38. The van der Waals surface area contributed by atoms with Crippen molar-refractivity contribution in [2.75, 3.05) is 7.11 Å². The van der Waals surface area contributed by atoms with E-state index in [4.69, 9.17) is 4.74 Å². The first-order valence-electron chi connectivity index (χ1n) is 5.77. The van der Waals surface area contributed by atoms with Crippen LogP contribution in [0.2, 0.25) is 0 Å². The first kappa shape index (κ1) is 12.1. The fourth-order valence-corrected chi connectivity index (χ4v) is 3.01. The Hall–Kier alpha value is -1.35. The van der Waals surface area contributed by atoms with Crippen molar-refractivity contribution in [2.45, 2.75) is 27.2 Å². The molecule has 0 unspecified atom stereocenters. The standard InChI is InChI=1S/C14H17NOS/c1-5-11-7-6-8-12(13(11)16-4)14-9(2)15-10(3)17-14/h6-8H,5H2,1-4H3. The number of ether oxygens (including phenoxy) is 1. The van der Waals surface area contributed by atoms with Crippen LogP contribution < -0.4 is 4.74 Å². The van der Waals surface area contributed by atoms with Gasteiger partial charge in [0.15, 0.2) is 0 Å². The second-order valence-corrected chi connectivity index (χ2v) is 5.20. The summed E-state index contributed by atoms with van der Waals surface area (Å²) in [6.07, 6.45) is 0.980. The lowest BCUT2D eigenvalue weighted by molar-refractivity contribution is 0.412. The summed E-state index contributed by atoms with van der Waals surface area (Å²) in [6, 6.07) is 6.31. The zero-order chi connectivity index (χ0) is 12.4. The molecule has 0 aliphatic rings. The predicted octanol–water partition coefficient (Wildman–Crippen LogP) is 4.00. The first-order valence-corrected chi connectivity index (χ1v) is 6.59. The minimum absolute atomic E-state index is 0.980. The van der Waals surface area contributed by atoms with E-state index in [2.05, 4.69) is 37.0 Å². The minimum Gasteiger partial charge on any atom is -0.496 e. The van der Waals surface area contributed by atoms with Crippen LogP contribution in [-0.4, -0.2) is 12.1 Å². The van der Waals surface area contributed by atoms with Crippen molar-refractivity contribution < 1.29 is 4.74 Å². The quantitative estimate of drug-likeness (QED) is 0.818. The van der Waals surface area contributed by atoms with Gasteiger partial charge in [-0.2, -0.15) is 0 Å². The van der Waals surface area contributed by atoms with Gasteiger partial charge in [0.05, 0.1) is 22.7 Å². The van der Waals surface area contributed by atoms with Gasteiger partial charge in [0.1, 0.15) is 5.75 Å². The van der Waals surface area contributed by atoms with Crippen LogP contribution in [0.3, 0.4) is 0 Å². The predicted molar refractivity (Wildman–Crippen MR) is 73.0 cm³/mol. The molecule has 2 rings (SSSR count). The molecule has 3 heteroatoms. The molecule has 0 radical (unpaired) electrons. The number of aryl methyl sites for hydroxylation is 3. The first-order chi connectivity index (χ1) is 8.17. The van der Waals surface area contributed by atoms with Crippen molar-refractivity contribution in [3.05, 3.63) is 34.5 Å². The molecule has 2 nitrogen and oxygen atoms in total. The Balaban J connectivity index is 2.62. The fraction of sp³-hybridized carbons (Fsp3) is 0.357. The van der Waals surface area contributed by atoms with Gasteiger partial charge in [0.25, 0.3) is 0 Å². The van der Waals surface area contributed by atoms with Gasteiger partial charge in [-0.1, -0.05) is 19.1 Å². The average Bonchev–Trinajstić information content (AvgIpc) is 2.67. The van der Waals surface area contributed by atoms with Crippen LogP contribution >= 0.6 is 11.3 Å². The highest BCUT2D eigenvalue weighted by atomic mass is 32.1. The van der Waals surface area contributed by atoms with E-state index >= 15 is 0 Å². The zero-order valence-corrected chi connectivity index (χ0v) is 11.5. The van der Waals surface area contributed by atoms with Crippen LogP contribution in [0.4, 0.5) is 0 Å². The Labute approximate surface area is 106 Å². The Bertz CT molecular complexity index is 531. The average molecular weight is 247 g/mol. The monoisotopic (exact) mass is 247 g/mol. The molecule has 90 valence electrons. The summed E-state index contributed by atoms with van der Waals surface area (Å²) in [7, 11) is 1.74. The summed E-state index contributed by atoms with van der Waals surface area (Å²) >= 11 is 1.73. The zero-order valence-electron chi connectivity index (χ0n) is 10.7. The van der Waals surface area contributed by atoms with Gasteiger partial charge >= 0.3 is 0 Å². The molecular formula is C14H17NOS. The molecule has 17 heavy (non-hydrogen) atoms. The largest absolute Gasteiger partial charge is 0.496 e. The molecule has 1 heterocycles. The van der Waals surface area contributed by atoms with E-state index in [-0.39, 0.29) is 0 Å². The van der Waals surface area contributed by atoms with Gasteiger partial charge in [0, 0.05) is 5.56 Å². The SMILES string of the molecule is CCc1cccc(-c2sc(C)nc2C)c1OC. The normalized spacial score (nSPS) is 10.6. The summed E-state index contributed by atoms with van der Waals surface area (Å²) in [5.74, 6) is 0.988. The molecule has 0 saturated heterocycles. The number of nitrogens with zero attached hydrogens (tertiary/aromatic N) is 1. The minimum atomic E-state index is 0.980. The molecule has 0 atom stereocenters. The number of methoxy groups -OCH3 is 1. The second kappa shape index (κ2) is 4.88. The number of benzene rings is 1.